The summed E-state index contributed by atoms with van der Waals surface area (Å²) in [4.78, 5) is 34.1. The molecule has 6 heteroatoms. The van der Waals surface area contributed by atoms with E-state index >= 15 is 0 Å². The molecule has 2 aromatic heterocycles. The number of carbonyl (C=O) groups excluding carboxylic acids is 2. The van der Waals surface area contributed by atoms with E-state index in [1.54, 1.807) is 17.3 Å². The molecule has 130 valence electrons. The van der Waals surface area contributed by atoms with Crippen LogP contribution >= 0.6 is 0 Å². The van der Waals surface area contributed by atoms with Gasteiger partial charge in [-0.25, -0.2) is 0 Å². The molecule has 1 aromatic carbocycles. The number of anilines is 1. The number of hydrogen-bond acceptors (Lipinski definition) is 3. The van der Waals surface area contributed by atoms with Crippen molar-refractivity contribution < 1.29 is 9.59 Å². The number of hydrogen-bond donors (Lipinski definition) is 2. The summed E-state index contributed by atoms with van der Waals surface area (Å²) in [6, 6.07) is 11.0. The van der Waals surface area contributed by atoms with E-state index in [4.69, 9.17) is 0 Å². The van der Waals surface area contributed by atoms with Crippen molar-refractivity contribution in [2.75, 3.05) is 5.32 Å². The maximum atomic E-state index is 12.9. The minimum Gasteiger partial charge on any atom is -0.360 e. The summed E-state index contributed by atoms with van der Waals surface area (Å²) in [6.45, 7) is 3.96. The lowest BCUT2D eigenvalue weighted by molar-refractivity contribution is -0.136. The van der Waals surface area contributed by atoms with Gasteiger partial charge in [-0.3, -0.25) is 14.6 Å². The second-order valence-electron chi connectivity index (χ2n) is 6.28. The van der Waals surface area contributed by atoms with Gasteiger partial charge >= 0.3 is 0 Å². The maximum Gasteiger partial charge on any atom is 0.247 e. The molecule has 1 atom stereocenters. The van der Waals surface area contributed by atoms with Gasteiger partial charge in [-0.1, -0.05) is 30.8 Å². The van der Waals surface area contributed by atoms with E-state index in [0.29, 0.717) is 18.7 Å². The van der Waals surface area contributed by atoms with Gasteiger partial charge in [-0.2, -0.15) is 0 Å². The molecule has 0 spiro atoms. The number of carbonyl (C=O) groups is 2. The van der Waals surface area contributed by atoms with Gasteiger partial charge in [0.05, 0.1) is 22.9 Å². The van der Waals surface area contributed by atoms with E-state index < -0.39 is 6.04 Å². The van der Waals surface area contributed by atoms with Crippen LogP contribution in [0.3, 0.4) is 0 Å². The monoisotopic (exact) mass is 346 g/mol. The Labute approximate surface area is 150 Å². The van der Waals surface area contributed by atoms with Gasteiger partial charge in [0.2, 0.25) is 11.8 Å². The van der Waals surface area contributed by atoms with Crippen LogP contribution in [-0.2, 0) is 22.6 Å². The van der Waals surface area contributed by atoms with Crippen molar-refractivity contribution in [2.45, 2.75) is 19.0 Å². The highest BCUT2D eigenvalue weighted by Crippen LogP contribution is 2.25. The van der Waals surface area contributed by atoms with Crippen LogP contribution in [0, 0.1) is 0 Å². The van der Waals surface area contributed by atoms with Crippen LogP contribution in [0.2, 0.25) is 0 Å². The standard InChI is InChI=1S/C20H18N4O2/c1-2-19(25)24-12-14-6-4-3-5-13(14)9-18(24)20(26)23-15-10-17-16(22-11-15)7-8-21-17/h2-8,10-11,18,21H,1,9,12H2,(H,23,26)/t18-/m0/s1. The van der Waals surface area contributed by atoms with Gasteiger partial charge in [0.1, 0.15) is 6.04 Å². The summed E-state index contributed by atoms with van der Waals surface area (Å²) < 4.78 is 0. The first-order valence-corrected chi connectivity index (χ1v) is 8.39. The number of aromatic nitrogens is 2. The molecule has 2 N–H and O–H groups in total. The molecule has 3 aromatic rings. The fourth-order valence-electron chi connectivity index (χ4n) is 3.33. The van der Waals surface area contributed by atoms with Crippen LogP contribution in [0.25, 0.3) is 11.0 Å². The zero-order chi connectivity index (χ0) is 18.1. The largest absolute Gasteiger partial charge is 0.360 e. The molecular formula is C20H18N4O2. The molecule has 0 saturated carbocycles. The predicted octanol–water partition coefficient (Wildman–Crippen LogP) is 2.64. The number of pyridine rings is 1. The molecule has 1 aliphatic heterocycles. The molecule has 0 saturated heterocycles. The quantitative estimate of drug-likeness (QED) is 0.716. The molecule has 0 fully saturated rings. The molecule has 1 aliphatic rings. The third kappa shape index (κ3) is 2.86. The second kappa shape index (κ2) is 6.48. The molecule has 0 bridgehead atoms. The van der Waals surface area contributed by atoms with Gasteiger partial charge < -0.3 is 15.2 Å². The Morgan fingerprint density at radius 1 is 1.27 bits per heavy atom. The Hall–Kier alpha value is -3.41. The van der Waals surface area contributed by atoms with Crippen molar-refractivity contribution in [3.63, 3.8) is 0 Å². The van der Waals surface area contributed by atoms with Crippen molar-refractivity contribution in [3.05, 3.63) is 72.6 Å². The molecule has 2 amide bonds. The Balaban J connectivity index is 1.61. The smallest absolute Gasteiger partial charge is 0.247 e. The zero-order valence-corrected chi connectivity index (χ0v) is 14.1. The van der Waals surface area contributed by atoms with Gasteiger partial charge in [0.25, 0.3) is 0 Å². The fraction of sp³-hybridized carbons (Fsp3) is 0.150. The number of fused-ring (bicyclic) bond motifs is 2. The SMILES string of the molecule is C=CC(=O)N1Cc2ccccc2C[C@H]1C(=O)Nc1cnc2cc[nH]c2c1. The van der Waals surface area contributed by atoms with Crippen molar-refractivity contribution >= 4 is 28.5 Å². The van der Waals surface area contributed by atoms with Crippen molar-refractivity contribution in [1.82, 2.24) is 14.9 Å². The number of nitrogens with zero attached hydrogens (tertiary/aromatic N) is 2. The Morgan fingerprint density at radius 2 is 2.08 bits per heavy atom. The lowest BCUT2D eigenvalue weighted by atomic mass is 9.93. The summed E-state index contributed by atoms with van der Waals surface area (Å²) in [6.07, 6.45) is 5.14. The van der Waals surface area contributed by atoms with Crippen LogP contribution in [0.5, 0.6) is 0 Å². The van der Waals surface area contributed by atoms with E-state index in [1.165, 1.54) is 6.08 Å². The minimum atomic E-state index is -0.588. The highest BCUT2D eigenvalue weighted by Gasteiger charge is 2.33. The molecule has 0 aliphatic carbocycles. The maximum absolute atomic E-state index is 12.9. The summed E-state index contributed by atoms with van der Waals surface area (Å²) in [7, 11) is 0. The molecule has 26 heavy (non-hydrogen) atoms. The third-order valence-corrected chi connectivity index (χ3v) is 4.67. The van der Waals surface area contributed by atoms with Crippen molar-refractivity contribution in [3.8, 4) is 0 Å². The lowest BCUT2D eigenvalue weighted by Gasteiger charge is -2.35. The van der Waals surface area contributed by atoms with Crippen LogP contribution in [0.4, 0.5) is 5.69 Å². The number of H-pyrrole nitrogens is 1. The minimum absolute atomic E-state index is 0.234. The van der Waals surface area contributed by atoms with Crippen LogP contribution < -0.4 is 5.32 Å². The highest BCUT2D eigenvalue weighted by atomic mass is 16.2. The van der Waals surface area contributed by atoms with Crippen LogP contribution in [-0.4, -0.2) is 32.7 Å². The predicted molar refractivity (Wildman–Crippen MR) is 99.4 cm³/mol. The molecule has 0 unspecified atom stereocenters. The second-order valence-corrected chi connectivity index (χ2v) is 6.28. The highest BCUT2D eigenvalue weighted by molar-refractivity contribution is 6.00. The number of nitrogens with one attached hydrogen (secondary N) is 2. The Bertz CT molecular complexity index is 1010. The van der Waals surface area contributed by atoms with Crippen LogP contribution in [0.1, 0.15) is 11.1 Å². The normalized spacial score (nSPS) is 16.2. The van der Waals surface area contributed by atoms with E-state index in [-0.39, 0.29) is 11.8 Å². The van der Waals surface area contributed by atoms with E-state index in [0.717, 1.165) is 22.2 Å². The molecule has 0 radical (unpaired) electrons. The molecule has 3 heterocycles. The van der Waals surface area contributed by atoms with E-state index in [2.05, 4.69) is 21.9 Å². The molecular weight excluding hydrogens is 328 g/mol. The van der Waals surface area contributed by atoms with Gasteiger partial charge in [0, 0.05) is 19.2 Å². The summed E-state index contributed by atoms with van der Waals surface area (Å²) in [5.41, 5.74) is 4.41. The number of amides is 2. The zero-order valence-electron chi connectivity index (χ0n) is 14.1. The van der Waals surface area contributed by atoms with Crippen molar-refractivity contribution in [1.29, 1.82) is 0 Å². The fourth-order valence-corrected chi connectivity index (χ4v) is 3.33. The first kappa shape index (κ1) is 16.1. The Kier molecular flexibility index (Phi) is 4.01. The summed E-state index contributed by atoms with van der Waals surface area (Å²) >= 11 is 0. The van der Waals surface area contributed by atoms with Gasteiger partial charge in [0.15, 0.2) is 0 Å². The summed E-state index contributed by atoms with van der Waals surface area (Å²) in [5, 5.41) is 2.88. The molecule has 4 rings (SSSR count). The molecule has 6 nitrogen and oxygen atoms in total. The van der Waals surface area contributed by atoms with Crippen molar-refractivity contribution in [2.24, 2.45) is 0 Å². The Morgan fingerprint density at radius 3 is 2.88 bits per heavy atom. The third-order valence-electron chi connectivity index (χ3n) is 4.67. The average Bonchev–Trinajstić information content (AvgIpc) is 3.14. The first-order valence-electron chi connectivity index (χ1n) is 8.39. The topological polar surface area (TPSA) is 78.1 Å². The first-order chi connectivity index (χ1) is 12.7. The van der Waals surface area contributed by atoms with Gasteiger partial charge in [-0.15, -0.1) is 0 Å². The number of aromatic amines is 1. The summed E-state index contributed by atoms with van der Waals surface area (Å²) in [5.74, 6) is -0.486. The van der Waals surface area contributed by atoms with E-state index in [1.807, 2.05) is 36.4 Å². The lowest BCUT2D eigenvalue weighted by Crippen LogP contribution is -2.50. The number of rotatable bonds is 3. The van der Waals surface area contributed by atoms with E-state index in [9.17, 15) is 9.59 Å². The van der Waals surface area contributed by atoms with Crippen LogP contribution in [0.15, 0.2) is 61.4 Å². The average molecular weight is 346 g/mol. The number of benzene rings is 1. The van der Waals surface area contributed by atoms with Gasteiger partial charge in [-0.05, 0) is 29.3 Å².